The van der Waals surface area contributed by atoms with Crippen LogP contribution in [0, 0.1) is 5.92 Å². The maximum absolute atomic E-state index is 12.4. The van der Waals surface area contributed by atoms with Crippen molar-refractivity contribution in [2.24, 2.45) is 5.92 Å². The molecule has 0 radical (unpaired) electrons. The summed E-state index contributed by atoms with van der Waals surface area (Å²) in [6.07, 6.45) is 1.38. The number of amides is 2. The number of carbonyl (C=O) groups excluding carboxylic acids is 3. The van der Waals surface area contributed by atoms with E-state index < -0.39 is 23.5 Å². The Morgan fingerprint density at radius 2 is 1.83 bits per heavy atom. The summed E-state index contributed by atoms with van der Waals surface area (Å²) >= 11 is 17.8. The third-order valence-electron chi connectivity index (χ3n) is 4.72. The van der Waals surface area contributed by atoms with Crippen LogP contribution in [0.2, 0.25) is 15.1 Å². The van der Waals surface area contributed by atoms with E-state index in [4.69, 9.17) is 34.8 Å². The second-order valence-electron chi connectivity index (χ2n) is 6.88. The van der Waals surface area contributed by atoms with E-state index in [9.17, 15) is 14.4 Å². The van der Waals surface area contributed by atoms with Crippen LogP contribution in [0.1, 0.15) is 17.5 Å². The first-order valence-corrected chi connectivity index (χ1v) is 10.3. The van der Waals surface area contributed by atoms with Crippen molar-refractivity contribution in [3.05, 3.63) is 68.7 Å². The Morgan fingerprint density at radius 3 is 2.55 bits per heavy atom. The average molecular weight is 454 g/mol. The summed E-state index contributed by atoms with van der Waals surface area (Å²) in [6, 6.07) is 12.5. The maximum Gasteiger partial charge on any atom is 0.291 e. The monoisotopic (exact) mass is 452 g/mol. The van der Waals surface area contributed by atoms with Gasteiger partial charge in [-0.3, -0.25) is 14.4 Å². The summed E-state index contributed by atoms with van der Waals surface area (Å²) < 4.78 is 0. The molecule has 1 aliphatic rings. The van der Waals surface area contributed by atoms with E-state index in [1.807, 2.05) is 12.1 Å². The average Bonchev–Trinajstić information content (AvgIpc) is 2.96. The minimum Gasteiger partial charge on any atom is -0.355 e. The molecule has 2 aromatic rings. The van der Waals surface area contributed by atoms with E-state index in [0.717, 1.165) is 11.1 Å². The van der Waals surface area contributed by atoms with Gasteiger partial charge in [0.1, 0.15) is 5.92 Å². The molecule has 2 amide bonds. The molecule has 8 heteroatoms. The van der Waals surface area contributed by atoms with E-state index in [1.54, 1.807) is 30.3 Å². The third-order valence-corrected chi connectivity index (χ3v) is 5.70. The Morgan fingerprint density at radius 1 is 1.03 bits per heavy atom. The van der Waals surface area contributed by atoms with E-state index in [1.165, 1.54) is 4.90 Å². The van der Waals surface area contributed by atoms with Gasteiger partial charge in [0.2, 0.25) is 11.7 Å². The fraction of sp³-hybridized carbons (Fsp3) is 0.286. The number of Topliss-reactive ketones (excluding diaryl/α,β-unsaturated/α-hetero) is 1. The molecule has 1 atom stereocenters. The highest BCUT2D eigenvalue weighted by Gasteiger charge is 2.42. The second kappa shape index (κ2) is 9.61. The predicted molar refractivity (Wildman–Crippen MR) is 113 cm³/mol. The molecule has 1 fully saturated rings. The quantitative estimate of drug-likeness (QED) is 0.392. The summed E-state index contributed by atoms with van der Waals surface area (Å²) in [5.41, 5.74) is 1.81. The molecule has 5 nitrogen and oxygen atoms in total. The van der Waals surface area contributed by atoms with E-state index in [2.05, 4.69) is 5.32 Å². The molecule has 1 heterocycles. The Labute approximate surface area is 183 Å². The molecule has 1 saturated heterocycles. The van der Waals surface area contributed by atoms with Crippen LogP contribution in [0.15, 0.2) is 42.5 Å². The molecule has 0 aliphatic carbocycles. The van der Waals surface area contributed by atoms with Gasteiger partial charge < -0.3 is 10.2 Å². The van der Waals surface area contributed by atoms with Crippen LogP contribution < -0.4 is 5.32 Å². The van der Waals surface area contributed by atoms with E-state index in [0.29, 0.717) is 34.5 Å². The van der Waals surface area contributed by atoms with Crippen LogP contribution in [0.4, 0.5) is 0 Å². The first kappa shape index (κ1) is 21.6. The number of hydrogen-bond donors (Lipinski definition) is 1. The highest BCUT2D eigenvalue weighted by atomic mass is 35.5. The number of carbonyl (C=O) groups is 3. The number of halogens is 3. The number of likely N-dealkylation sites (tertiary alicyclic amines) is 1. The van der Waals surface area contributed by atoms with Gasteiger partial charge >= 0.3 is 0 Å². The number of aryl methyl sites for hydroxylation is 1. The summed E-state index contributed by atoms with van der Waals surface area (Å²) in [5, 5.41) is 4.28. The highest BCUT2D eigenvalue weighted by Crippen LogP contribution is 2.23. The zero-order valence-electron chi connectivity index (χ0n) is 15.5. The van der Waals surface area contributed by atoms with Gasteiger partial charge in [0, 0.05) is 24.7 Å². The van der Waals surface area contributed by atoms with Crippen molar-refractivity contribution in [2.75, 3.05) is 13.1 Å². The van der Waals surface area contributed by atoms with Crippen LogP contribution in [0.25, 0.3) is 0 Å². The third kappa shape index (κ3) is 5.50. The Hall–Kier alpha value is -2.08. The number of rotatable bonds is 7. The van der Waals surface area contributed by atoms with Crippen molar-refractivity contribution in [1.82, 2.24) is 10.2 Å². The fourth-order valence-corrected chi connectivity index (χ4v) is 3.74. The largest absolute Gasteiger partial charge is 0.355 e. The summed E-state index contributed by atoms with van der Waals surface area (Å²) in [6.45, 7) is 0.709. The zero-order valence-corrected chi connectivity index (χ0v) is 17.7. The fourth-order valence-electron chi connectivity index (χ4n) is 3.21. The van der Waals surface area contributed by atoms with Crippen LogP contribution in [-0.4, -0.2) is 35.6 Å². The normalized spacial score (nSPS) is 16.4. The van der Waals surface area contributed by atoms with Gasteiger partial charge in [-0.05, 0) is 48.2 Å². The lowest BCUT2D eigenvalue weighted by Gasteiger charge is -2.15. The van der Waals surface area contributed by atoms with Crippen molar-refractivity contribution in [2.45, 2.75) is 19.4 Å². The minimum atomic E-state index is -0.980. The first-order valence-electron chi connectivity index (χ1n) is 9.14. The number of ketones is 1. The number of nitrogens with zero attached hydrogens (tertiary/aromatic N) is 1. The number of benzene rings is 2. The Balaban J connectivity index is 1.49. The lowest BCUT2D eigenvalue weighted by molar-refractivity contribution is -0.142. The molecule has 0 spiro atoms. The van der Waals surface area contributed by atoms with Crippen LogP contribution in [0.5, 0.6) is 0 Å². The minimum absolute atomic E-state index is 0.0722. The lowest BCUT2D eigenvalue weighted by atomic mass is 10.1. The topological polar surface area (TPSA) is 66.5 Å². The maximum atomic E-state index is 12.4. The van der Waals surface area contributed by atoms with E-state index in [-0.39, 0.29) is 13.1 Å². The number of nitrogens with one attached hydrogen (secondary N) is 1. The van der Waals surface area contributed by atoms with Gasteiger partial charge in [-0.2, -0.15) is 0 Å². The summed E-state index contributed by atoms with van der Waals surface area (Å²) in [5.74, 6) is -2.72. The Bertz CT molecular complexity index is 949. The molecule has 1 N–H and O–H groups in total. The molecule has 1 aliphatic heterocycles. The van der Waals surface area contributed by atoms with Crippen molar-refractivity contribution >= 4 is 52.4 Å². The molecule has 2 aromatic carbocycles. The van der Waals surface area contributed by atoms with Crippen LogP contribution >= 0.6 is 34.8 Å². The SMILES string of the molecule is O=C(NCCCc1ccc(Cl)c(Cl)c1)C1CN(Cc2cccc(Cl)c2)C(=O)C1=O. The van der Waals surface area contributed by atoms with Crippen molar-refractivity contribution in [3.8, 4) is 0 Å². The molecule has 0 bridgehead atoms. The van der Waals surface area contributed by atoms with Crippen LogP contribution in [0.3, 0.4) is 0 Å². The van der Waals surface area contributed by atoms with Crippen molar-refractivity contribution in [1.29, 1.82) is 0 Å². The van der Waals surface area contributed by atoms with Gasteiger partial charge in [-0.15, -0.1) is 0 Å². The molecular formula is C21H19Cl3N2O3. The van der Waals surface area contributed by atoms with Gasteiger partial charge in [0.05, 0.1) is 10.0 Å². The zero-order chi connectivity index (χ0) is 21.0. The van der Waals surface area contributed by atoms with Gasteiger partial charge in [-0.25, -0.2) is 0 Å². The lowest BCUT2D eigenvalue weighted by Crippen LogP contribution is -2.36. The van der Waals surface area contributed by atoms with Crippen molar-refractivity contribution < 1.29 is 14.4 Å². The molecular weight excluding hydrogens is 435 g/mol. The number of hydrogen-bond acceptors (Lipinski definition) is 3. The molecule has 1 unspecified atom stereocenters. The molecule has 0 aromatic heterocycles. The summed E-state index contributed by atoms with van der Waals surface area (Å²) in [7, 11) is 0. The second-order valence-corrected chi connectivity index (χ2v) is 8.13. The summed E-state index contributed by atoms with van der Waals surface area (Å²) in [4.78, 5) is 38.2. The highest BCUT2D eigenvalue weighted by molar-refractivity contribution is 6.42. The molecule has 152 valence electrons. The van der Waals surface area contributed by atoms with E-state index >= 15 is 0 Å². The smallest absolute Gasteiger partial charge is 0.291 e. The van der Waals surface area contributed by atoms with Gasteiger partial charge in [-0.1, -0.05) is 53.0 Å². The first-order chi connectivity index (χ1) is 13.8. The molecule has 3 rings (SSSR count). The van der Waals surface area contributed by atoms with Gasteiger partial charge in [0.25, 0.3) is 5.91 Å². The predicted octanol–water partition coefficient (Wildman–Crippen LogP) is 3.92. The van der Waals surface area contributed by atoms with Crippen molar-refractivity contribution in [3.63, 3.8) is 0 Å². The standard InChI is InChI=1S/C21H19Cl3N2O3/c22-15-5-1-3-14(9-15)11-26-12-16(19(27)21(26)29)20(28)25-8-2-4-13-6-7-17(23)18(24)10-13/h1,3,5-7,9-10,16H,2,4,8,11-12H2,(H,25,28). The Kier molecular flexibility index (Phi) is 7.17. The molecule has 0 saturated carbocycles. The van der Waals surface area contributed by atoms with Gasteiger partial charge in [0.15, 0.2) is 0 Å². The van der Waals surface area contributed by atoms with Crippen LogP contribution in [-0.2, 0) is 27.3 Å². The molecule has 29 heavy (non-hydrogen) atoms.